The van der Waals surface area contributed by atoms with E-state index in [1.165, 1.54) is 0 Å². The predicted octanol–water partition coefficient (Wildman–Crippen LogP) is 4.14. The van der Waals surface area contributed by atoms with E-state index >= 15 is 0 Å². The number of nitrogens with zero attached hydrogens (tertiary/aromatic N) is 1. The largest absolute Gasteiger partial charge is 0.321 e. The molecule has 0 spiro atoms. The van der Waals surface area contributed by atoms with Gasteiger partial charge in [0.25, 0.3) is 5.91 Å². The summed E-state index contributed by atoms with van der Waals surface area (Å²) in [6, 6.07) is 16.6. The molecular formula is C16H11ClN2O. The van der Waals surface area contributed by atoms with Crippen LogP contribution in [0.1, 0.15) is 10.4 Å². The minimum absolute atomic E-state index is 0.226. The SMILES string of the molecule is O=C(Nc1ccccc1Cl)c1cnc2ccccc2c1. The van der Waals surface area contributed by atoms with Gasteiger partial charge in [-0.2, -0.15) is 0 Å². The molecule has 0 aliphatic carbocycles. The van der Waals surface area contributed by atoms with E-state index < -0.39 is 0 Å². The summed E-state index contributed by atoms with van der Waals surface area (Å²) in [5.41, 5.74) is 1.96. The molecule has 0 atom stereocenters. The Hall–Kier alpha value is -2.39. The van der Waals surface area contributed by atoms with Gasteiger partial charge in [0.2, 0.25) is 0 Å². The van der Waals surface area contributed by atoms with E-state index in [0.29, 0.717) is 16.3 Å². The number of carbonyl (C=O) groups excluding carboxylic acids is 1. The third-order valence-electron chi connectivity index (χ3n) is 2.97. The Morgan fingerprint density at radius 1 is 1.05 bits per heavy atom. The summed E-state index contributed by atoms with van der Waals surface area (Å²) in [5.74, 6) is -0.226. The van der Waals surface area contributed by atoms with Crippen molar-refractivity contribution in [3.8, 4) is 0 Å². The maximum atomic E-state index is 12.2. The Bertz CT molecular complexity index is 786. The fourth-order valence-corrected chi connectivity index (χ4v) is 2.14. The molecule has 0 bridgehead atoms. The topological polar surface area (TPSA) is 42.0 Å². The number of aromatic nitrogens is 1. The van der Waals surface area contributed by atoms with Crippen molar-refractivity contribution in [1.29, 1.82) is 0 Å². The van der Waals surface area contributed by atoms with Gasteiger partial charge in [-0.25, -0.2) is 0 Å². The number of hydrogen-bond donors (Lipinski definition) is 1. The van der Waals surface area contributed by atoms with Crippen molar-refractivity contribution in [3.05, 3.63) is 71.4 Å². The summed E-state index contributed by atoms with van der Waals surface area (Å²) in [7, 11) is 0. The average molecular weight is 283 g/mol. The van der Waals surface area contributed by atoms with Gasteiger partial charge in [-0.15, -0.1) is 0 Å². The third kappa shape index (κ3) is 2.49. The molecule has 2 aromatic carbocycles. The van der Waals surface area contributed by atoms with Crippen molar-refractivity contribution < 1.29 is 4.79 Å². The predicted molar refractivity (Wildman–Crippen MR) is 81.1 cm³/mol. The number of benzene rings is 2. The van der Waals surface area contributed by atoms with Crippen LogP contribution in [0.3, 0.4) is 0 Å². The van der Waals surface area contributed by atoms with Crippen molar-refractivity contribution in [1.82, 2.24) is 4.98 Å². The lowest BCUT2D eigenvalue weighted by Gasteiger charge is -2.07. The molecule has 1 aromatic heterocycles. The number of anilines is 1. The van der Waals surface area contributed by atoms with E-state index in [1.807, 2.05) is 42.5 Å². The Morgan fingerprint density at radius 3 is 2.65 bits per heavy atom. The van der Waals surface area contributed by atoms with E-state index in [0.717, 1.165) is 10.9 Å². The first-order valence-electron chi connectivity index (χ1n) is 6.15. The molecule has 3 rings (SSSR count). The molecule has 1 amide bonds. The van der Waals surface area contributed by atoms with E-state index in [-0.39, 0.29) is 5.91 Å². The summed E-state index contributed by atoms with van der Waals surface area (Å²) in [6.07, 6.45) is 1.56. The fraction of sp³-hybridized carbons (Fsp3) is 0. The maximum Gasteiger partial charge on any atom is 0.257 e. The summed E-state index contributed by atoms with van der Waals surface area (Å²) in [6.45, 7) is 0. The second kappa shape index (κ2) is 5.31. The van der Waals surface area contributed by atoms with Gasteiger partial charge in [-0.1, -0.05) is 41.9 Å². The Balaban J connectivity index is 1.91. The number of pyridine rings is 1. The Labute approximate surface area is 121 Å². The van der Waals surface area contributed by atoms with Crippen molar-refractivity contribution in [2.24, 2.45) is 0 Å². The standard InChI is InChI=1S/C16H11ClN2O/c17-13-6-2-4-8-15(13)19-16(20)12-9-11-5-1-3-7-14(11)18-10-12/h1-10H,(H,19,20). The van der Waals surface area contributed by atoms with E-state index in [1.54, 1.807) is 18.3 Å². The van der Waals surface area contributed by atoms with Gasteiger partial charge in [0.05, 0.1) is 21.8 Å². The number of nitrogens with one attached hydrogen (secondary N) is 1. The smallest absolute Gasteiger partial charge is 0.257 e. The molecule has 20 heavy (non-hydrogen) atoms. The molecule has 3 aromatic rings. The van der Waals surface area contributed by atoms with Crippen LogP contribution in [0.4, 0.5) is 5.69 Å². The summed E-state index contributed by atoms with van der Waals surface area (Å²) in [5, 5.41) is 4.22. The van der Waals surface area contributed by atoms with Crippen LogP contribution < -0.4 is 5.32 Å². The summed E-state index contributed by atoms with van der Waals surface area (Å²) >= 11 is 6.02. The molecule has 0 saturated heterocycles. The molecule has 4 heteroatoms. The van der Waals surface area contributed by atoms with Gasteiger partial charge in [0.15, 0.2) is 0 Å². The molecule has 3 nitrogen and oxygen atoms in total. The minimum atomic E-state index is -0.226. The molecule has 1 heterocycles. The van der Waals surface area contributed by atoms with Gasteiger partial charge in [-0.05, 0) is 24.3 Å². The van der Waals surface area contributed by atoms with Gasteiger partial charge >= 0.3 is 0 Å². The van der Waals surface area contributed by atoms with E-state index in [2.05, 4.69) is 10.3 Å². The lowest BCUT2D eigenvalue weighted by atomic mass is 10.1. The minimum Gasteiger partial charge on any atom is -0.321 e. The maximum absolute atomic E-state index is 12.2. The molecule has 0 saturated carbocycles. The van der Waals surface area contributed by atoms with Gasteiger partial charge in [0, 0.05) is 11.6 Å². The first kappa shape index (κ1) is 12.6. The van der Waals surface area contributed by atoms with Crippen molar-refractivity contribution >= 4 is 34.1 Å². The first-order chi connectivity index (χ1) is 9.74. The highest BCUT2D eigenvalue weighted by atomic mass is 35.5. The highest BCUT2D eigenvalue weighted by Crippen LogP contribution is 2.21. The first-order valence-corrected chi connectivity index (χ1v) is 6.52. The molecule has 0 aliphatic heterocycles. The highest BCUT2D eigenvalue weighted by Gasteiger charge is 2.09. The van der Waals surface area contributed by atoms with Crippen LogP contribution in [0.5, 0.6) is 0 Å². The van der Waals surface area contributed by atoms with Crippen LogP contribution in [-0.2, 0) is 0 Å². The van der Waals surface area contributed by atoms with Crippen molar-refractivity contribution in [2.45, 2.75) is 0 Å². The number of fused-ring (bicyclic) bond motifs is 1. The number of rotatable bonds is 2. The fourth-order valence-electron chi connectivity index (χ4n) is 1.95. The van der Waals surface area contributed by atoms with Gasteiger partial charge in [0.1, 0.15) is 0 Å². The molecule has 0 unspecified atom stereocenters. The number of amides is 1. The second-order valence-corrected chi connectivity index (χ2v) is 4.76. The molecule has 1 N–H and O–H groups in total. The monoisotopic (exact) mass is 282 g/mol. The Kier molecular flexibility index (Phi) is 3.35. The number of halogens is 1. The number of para-hydroxylation sites is 2. The molecule has 0 aliphatic rings. The Morgan fingerprint density at radius 2 is 1.80 bits per heavy atom. The van der Waals surface area contributed by atoms with Crippen LogP contribution in [0.15, 0.2) is 60.8 Å². The van der Waals surface area contributed by atoms with Gasteiger partial charge in [-0.3, -0.25) is 9.78 Å². The average Bonchev–Trinajstić information content (AvgIpc) is 2.49. The van der Waals surface area contributed by atoms with Crippen LogP contribution >= 0.6 is 11.6 Å². The molecular weight excluding hydrogens is 272 g/mol. The second-order valence-electron chi connectivity index (χ2n) is 4.35. The zero-order chi connectivity index (χ0) is 13.9. The summed E-state index contributed by atoms with van der Waals surface area (Å²) in [4.78, 5) is 16.5. The normalized spacial score (nSPS) is 10.4. The molecule has 0 radical (unpaired) electrons. The van der Waals surface area contributed by atoms with Crippen molar-refractivity contribution in [2.75, 3.05) is 5.32 Å². The van der Waals surface area contributed by atoms with Crippen LogP contribution in [0.2, 0.25) is 5.02 Å². The van der Waals surface area contributed by atoms with Crippen molar-refractivity contribution in [3.63, 3.8) is 0 Å². The summed E-state index contributed by atoms with van der Waals surface area (Å²) < 4.78 is 0. The van der Waals surface area contributed by atoms with Crippen LogP contribution in [0, 0.1) is 0 Å². The highest BCUT2D eigenvalue weighted by molar-refractivity contribution is 6.33. The number of hydrogen-bond acceptors (Lipinski definition) is 2. The zero-order valence-electron chi connectivity index (χ0n) is 10.5. The third-order valence-corrected chi connectivity index (χ3v) is 3.30. The molecule has 0 fully saturated rings. The quantitative estimate of drug-likeness (QED) is 0.767. The lowest BCUT2D eigenvalue weighted by Crippen LogP contribution is -2.12. The lowest BCUT2D eigenvalue weighted by molar-refractivity contribution is 0.102. The van der Waals surface area contributed by atoms with E-state index in [4.69, 9.17) is 11.6 Å². The number of carbonyl (C=O) groups is 1. The van der Waals surface area contributed by atoms with Gasteiger partial charge < -0.3 is 5.32 Å². The molecule has 98 valence electrons. The van der Waals surface area contributed by atoms with E-state index in [9.17, 15) is 4.79 Å². The van der Waals surface area contributed by atoms with Crippen LogP contribution in [-0.4, -0.2) is 10.9 Å². The van der Waals surface area contributed by atoms with Crippen LogP contribution in [0.25, 0.3) is 10.9 Å². The zero-order valence-corrected chi connectivity index (χ0v) is 11.3.